The Balaban J connectivity index is 2.20. The Hall–Kier alpha value is -2.08. The van der Waals surface area contributed by atoms with E-state index in [0.29, 0.717) is 21.5 Å². The van der Waals surface area contributed by atoms with Crippen LogP contribution < -0.4 is 9.47 Å². The maximum atomic E-state index is 12.8. The quantitative estimate of drug-likeness (QED) is 0.502. The second-order valence-electron chi connectivity index (χ2n) is 4.19. The molecule has 0 heterocycles. The van der Waals surface area contributed by atoms with Crippen LogP contribution in [0.15, 0.2) is 46.0 Å². The maximum absolute atomic E-state index is 12.8. The highest BCUT2D eigenvalue weighted by Crippen LogP contribution is 2.36. The third kappa shape index (κ3) is 3.95. The van der Waals surface area contributed by atoms with Gasteiger partial charge in [0.25, 0.3) is 0 Å². The molecule has 0 saturated heterocycles. The second kappa shape index (κ2) is 7.08. The molecule has 2 aromatic carbocycles. The van der Waals surface area contributed by atoms with Gasteiger partial charge in [-0.2, -0.15) is 0 Å². The number of oxime groups is 1. The van der Waals surface area contributed by atoms with E-state index in [0.717, 1.165) is 5.56 Å². The Labute approximate surface area is 129 Å². The zero-order chi connectivity index (χ0) is 15.2. The fraction of sp³-hybridized carbons (Fsp3) is 0.133. The monoisotopic (exact) mass is 353 g/mol. The van der Waals surface area contributed by atoms with Gasteiger partial charge in [0.05, 0.1) is 17.8 Å². The average molecular weight is 354 g/mol. The summed E-state index contributed by atoms with van der Waals surface area (Å²) in [5.74, 6) is 0.739. The summed E-state index contributed by atoms with van der Waals surface area (Å²) in [7, 11) is 1.52. The third-order valence-electron chi connectivity index (χ3n) is 2.76. The minimum atomic E-state index is -0.287. The molecule has 6 heteroatoms. The molecule has 0 aliphatic rings. The van der Waals surface area contributed by atoms with E-state index >= 15 is 0 Å². The van der Waals surface area contributed by atoms with Crippen molar-refractivity contribution < 1.29 is 19.1 Å². The molecular formula is C15H13BrFNO3. The topological polar surface area (TPSA) is 51.0 Å². The summed E-state index contributed by atoms with van der Waals surface area (Å²) in [6.45, 7) is 0.280. The number of hydrogen-bond donors (Lipinski definition) is 1. The number of ether oxygens (including phenoxy) is 2. The predicted octanol–water partition coefficient (Wildman–Crippen LogP) is 3.98. The molecule has 2 rings (SSSR count). The predicted molar refractivity (Wildman–Crippen MR) is 80.8 cm³/mol. The molecule has 0 radical (unpaired) electrons. The number of halogens is 2. The molecular weight excluding hydrogens is 341 g/mol. The van der Waals surface area contributed by atoms with E-state index in [1.54, 1.807) is 24.3 Å². The van der Waals surface area contributed by atoms with Crippen LogP contribution in [0.25, 0.3) is 0 Å². The first-order valence-corrected chi connectivity index (χ1v) is 6.85. The maximum Gasteiger partial charge on any atom is 0.175 e. The lowest BCUT2D eigenvalue weighted by atomic mass is 10.2. The Morgan fingerprint density at radius 2 is 2.00 bits per heavy atom. The van der Waals surface area contributed by atoms with Crippen molar-refractivity contribution in [1.82, 2.24) is 0 Å². The van der Waals surface area contributed by atoms with Crippen LogP contribution in [0.4, 0.5) is 4.39 Å². The highest BCUT2D eigenvalue weighted by atomic mass is 79.9. The summed E-state index contributed by atoms with van der Waals surface area (Å²) >= 11 is 3.39. The van der Waals surface area contributed by atoms with Crippen LogP contribution in [0, 0.1) is 5.82 Å². The van der Waals surface area contributed by atoms with Crippen LogP contribution in [0.2, 0.25) is 0 Å². The fourth-order valence-electron chi connectivity index (χ4n) is 1.76. The highest BCUT2D eigenvalue weighted by Gasteiger charge is 2.11. The first kappa shape index (κ1) is 15.3. The SMILES string of the molecule is COc1cc(C=NO)cc(Br)c1OCc1ccc(F)cc1. The van der Waals surface area contributed by atoms with Crippen LogP contribution in [0.5, 0.6) is 11.5 Å². The van der Waals surface area contributed by atoms with E-state index in [-0.39, 0.29) is 12.4 Å². The van der Waals surface area contributed by atoms with E-state index < -0.39 is 0 Å². The second-order valence-corrected chi connectivity index (χ2v) is 5.05. The normalized spacial score (nSPS) is 10.8. The van der Waals surface area contributed by atoms with Gasteiger partial charge in [0.1, 0.15) is 12.4 Å². The lowest BCUT2D eigenvalue weighted by molar-refractivity contribution is 0.282. The summed E-state index contributed by atoms with van der Waals surface area (Å²) in [6, 6.07) is 9.50. The van der Waals surface area contributed by atoms with Crippen LogP contribution >= 0.6 is 15.9 Å². The van der Waals surface area contributed by atoms with Gasteiger partial charge in [-0.15, -0.1) is 0 Å². The largest absolute Gasteiger partial charge is 0.493 e. The van der Waals surface area contributed by atoms with Gasteiger partial charge in [-0.25, -0.2) is 4.39 Å². The first-order chi connectivity index (χ1) is 10.1. The molecule has 110 valence electrons. The molecule has 0 saturated carbocycles. The number of rotatable bonds is 5. The van der Waals surface area contributed by atoms with Crippen molar-refractivity contribution in [3.63, 3.8) is 0 Å². The standard InChI is InChI=1S/C15H13BrFNO3/c1-20-14-7-11(8-18-19)6-13(16)15(14)21-9-10-2-4-12(17)5-3-10/h2-8,19H,9H2,1H3. The Kier molecular flexibility index (Phi) is 5.16. The summed E-state index contributed by atoms with van der Waals surface area (Å²) in [6.07, 6.45) is 1.29. The first-order valence-electron chi connectivity index (χ1n) is 6.06. The molecule has 0 aliphatic carbocycles. The van der Waals surface area contributed by atoms with Gasteiger partial charge in [0, 0.05) is 5.56 Å². The van der Waals surface area contributed by atoms with E-state index in [1.807, 2.05) is 0 Å². The molecule has 0 unspecified atom stereocenters. The van der Waals surface area contributed by atoms with Gasteiger partial charge in [0.2, 0.25) is 0 Å². The van der Waals surface area contributed by atoms with Crippen molar-refractivity contribution in [1.29, 1.82) is 0 Å². The van der Waals surface area contributed by atoms with Gasteiger partial charge in [-0.05, 0) is 45.8 Å². The molecule has 0 spiro atoms. The molecule has 0 amide bonds. The molecule has 0 fully saturated rings. The van der Waals surface area contributed by atoms with E-state index in [9.17, 15) is 4.39 Å². The Bertz CT molecular complexity index is 644. The van der Waals surface area contributed by atoms with Crippen molar-refractivity contribution in [2.75, 3.05) is 7.11 Å². The minimum absolute atomic E-state index is 0.280. The fourth-order valence-corrected chi connectivity index (χ4v) is 2.33. The van der Waals surface area contributed by atoms with Crippen molar-refractivity contribution >= 4 is 22.1 Å². The van der Waals surface area contributed by atoms with Crippen molar-refractivity contribution in [3.8, 4) is 11.5 Å². The van der Waals surface area contributed by atoms with Crippen molar-refractivity contribution in [2.24, 2.45) is 5.16 Å². The molecule has 4 nitrogen and oxygen atoms in total. The summed E-state index contributed by atoms with van der Waals surface area (Å²) in [5, 5.41) is 11.5. The van der Waals surface area contributed by atoms with Crippen molar-refractivity contribution in [2.45, 2.75) is 6.61 Å². The van der Waals surface area contributed by atoms with Gasteiger partial charge < -0.3 is 14.7 Å². The van der Waals surface area contributed by atoms with Crippen molar-refractivity contribution in [3.05, 3.63) is 57.8 Å². The Morgan fingerprint density at radius 1 is 1.29 bits per heavy atom. The van der Waals surface area contributed by atoms with E-state index in [2.05, 4.69) is 21.1 Å². The van der Waals surface area contributed by atoms with Gasteiger partial charge in [0.15, 0.2) is 11.5 Å². The highest BCUT2D eigenvalue weighted by molar-refractivity contribution is 9.10. The zero-order valence-electron chi connectivity index (χ0n) is 11.2. The van der Waals surface area contributed by atoms with Crippen LogP contribution in [-0.4, -0.2) is 18.5 Å². The number of nitrogens with zero attached hydrogens (tertiary/aromatic N) is 1. The molecule has 1 N–H and O–H groups in total. The van der Waals surface area contributed by atoms with E-state index in [1.165, 1.54) is 25.5 Å². The summed E-state index contributed by atoms with van der Waals surface area (Å²) < 4.78 is 24.5. The number of methoxy groups -OCH3 is 1. The molecule has 21 heavy (non-hydrogen) atoms. The van der Waals surface area contributed by atoms with Crippen LogP contribution in [-0.2, 0) is 6.61 Å². The third-order valence-corrected chi connectivity index (χ3v) is 3.34. The molecule has 0 atom stereocenters. The average Bonchev–Trinajstić information content (AvgIpc) is 2.47. The molecule has 2 aromatic rings. The van der Waals surface area contributed by atoms with E-state index in [4.69, 9.17) is 14.7 Å². The number of hydrogen-bond acceptors (Lipinski definition) is 4. The molecule has 0 aliphatic heterocycles. The lowest BCUT2D eigenvalue weighted by Gasteiger charge is -2.13. The lowest BCUT2D eigenvalue weighted by Crippen LogP contribution is -1.99. The molecule has 0 aromatic heterocycles. The number of benzene rings is 2. The van der Waals surface area contributed by atoms with Gasteiger partial charge in [-0.3, -0.25) is 0 Å². The Morgan fingerprint density at radius 3 is 2.62 bits per heavy atom. The zero-order valence-corrected chi connectivity index (χ0v) is 12.8. The van der Waals surface area contributed by atoms with Gasteiger partial charge >= 0.3 is 0 Å². The molecule has 0 bridgehead atoms. The van der Waals surface area contributed by atoms with Gasteiger partial charge in [-0.1, -0.05) is 17.3 Å². The minimum Gasteiger partial charge on any atom is -0.493 e. The summed E-state index contributed by atoms with van der Waals surface area (Å²) in [5.41, 5.74) is 1.50. The smallest absolute Gasteiger partial charge is 0.175 e. The van der Waals surface area contributed by atoms with Crippen LogP contribution in [0.1, 0.15) is 11.1 Å². The summed E-state index contributed by atoms with van der Waals surface area (Å²) in [4.78, 5) is 0. The van der Waals surface area contributed by atoms with Crippen LogP contribution in [0.3, 0.4) is 0 Å².